The fourth-order valence-electron chi connectivity index (χ4n) is 1.68. The molecule has 0 fully saturated rings. The molecule has 4 heteroatoms. The number of pyridine rings is 1. The first-order chi connectivity index (χ1) is 8.65. The lowest BCUT2D eigenvalue weighted by Gasteiger charge is -2.04. The summed E-state index contributed by atoms with van der Waals surface area (Å²) in [6, 6.07) is 8.22. The highest BCUT2D eigenvalue weighted by Gasteiger charge is 2.09. The minimum absolute atomic E-state index is 0.0278. The molecular weight excluding hydrogens is 297 g/mol. The Balaban J connectivity index is 2.05. The van der Waals surface area contributed by atoms with Crippen molar-refractivity contribution in [2.24, 2.45) is 0 Å². The van der Waals surface area contributed by atoms with Crippen molar-refractivity contribution in [1.82, 2.24) is 4.98 Å². The molecule has 2 aromatic rings. The van der Waals surface area contributed by atoms with Gasteiger partial charge in [0.2, 0.25) is 0 Å². The second-order valence-corrected chi connectivity index (χ2v) is 4.90. The number of ketones is 1. The normalized spacial score (nSPS) is 10.3. The van der Waals surface area contributed by atoms with Gasteiger partial charge < -0.3 is 0 Å². The first kappa shape index (κ1) is 12.9. The Morgan fingerprint density at radius 2 is 2.11 bits per heavy atom. The molecule has 1 aromatic carbocycles. The van der Waals surface area contributed by atoms with E-state index in [0.717, 1.165) is 10.0 Å². The van der Waals surface area contributed by atoms with Gasteiger partial charge in [0, 0.05) is 29.7 Å². The van der Waals surface area contributed by atoms with Crippen molar-refractivity contribution >= 4 is 21.7 Å². The Morgan fingerprint density at radius 3 is 2.83 bits per heavy atom. The maximum atomic E-state index is 13.5. The smallest absolute Gasteiger partial charge is 0.141 e. The summed E-state index contributed by atoms with van der Waals surface area (Å²) in [6.45, 7) is 0. The molecule has 0 saturated heterocycles. The van der Waals surface area contributed by atoms with Gasteiger partial charge in [-0.05, 0) is 35.4 Å². The molecule has 0 unspecified atom stereocenters. The lowest BCUT2D eigenvalue weighted by atomic mass is 10.0. The van der Waals surface area contributed by atoms with Crippen molar-refractivity contribution in [3.05, 3.63) is 64.1 Å². The second kappa shape index (κ2) is 5.87. The summed E-state index contributed by atoms with van der Waals surface area (Å²) in [6.07, 6.45) is 3.68. The van der Waals surface area contributed by atoms with Crippen LogP contribution in [0.4, 0.5) is 4.39 Å². The molecule has 0 N–H and O–H groups in total. The van der Waals surface area contributed by atoms with Crippen LogP contribution in [0.2, 0.25) is 0 Å². The summed E-state index contributed by atoms with van der Waals surface area (Å²) in [4.78, 5) is 15.8. The van der Waals surface area contributed by atoms with Crippen LogP contribution in [0.15, 0.2) is 47.2 Å². The topological polar surface area (TPSA) is 30.0 Å². The van der Waals surface area contributed by atoms with Crippen LogP contribution >= 0.6 is 15.9 Å². The highest BCUT2D eigenvalue weighted by Crippen LogP contribution is 2.16. The Labute approximate surface area is 113 Å². The van der Waals surface area contributed by atoms with Crippen molar-refractivity contribution in [2.45, 2.75) is 12.8 Å². The average molecular weight is 308 g/mol. The van der Waals surface area contributed by atoms with Crippen LogP contribution in [0.5, 0.6) is 0 Å². The molecule has 0 amide bonds. The Kier molecular flexibility index (Phi) is 4.20. The molecule has 0 spiro atoms. The quantitative estimate of drug-likeness (QED) is 0.867. The first-order valence-electron chi connectivity index (χ1n) is 5.49. The van der Waals surface area contributed by atoms with Gasteiger partial charge >= 0.3 is 0 Å². The fourth-order valence-corrected chi connectivity index (χ4v) is 2.09. The molecular formula is C14H11BrFNO. The van der Waals surface area contributed by atoms with Gasteiger partial charge in [0.1, 0.15) is 11.6 Å². The zero-order chi connectivity index (χ0) is 13.0. The fraction of sp³-hybridized carbons (Fsp3) is 0.143. The van der Waals surface area contributed by atoms with Gasteiger partial charge in [-0.25, -0.2) is 4.39 Å². The van der Waals surface area contributed by atoms with E-state index in [1.54, 1.807) is 30.6 Å². The number of halogens is 2. The van der Waals surface area contributed by atoms with E-state index >= 15 is 0 Å². The summed E-state index contributed by atoms with van der Waals surface area (Å²) in [5.74, 6) is -0.377. The number of benzene rings is 1. The van der Waals surface area contributed by atoms with Gasteiger partial charge in [0.15, 0.2) is 0 Å². The van der Waals surface area contributed by atoms with Crippen molar-refractivity contribution in [1.29, 1.82) is 0 Å². The van der Waals surface area contributed by atoms with E-state index in [4.69, 9.17) is 0 Å². The maximum Gasteiger partial charge on any atom is 0.141 e. The van der Waals surface area contributed by atoms with Crippen molar-refractivity contribution in [2.75, 3.05) is 0 Å². The number of nitrogens with zero attached hydrogens (tertiary/aromatic N) is 1. The molecule has 18 heavy (non-hydrogen) atoms. The minimum Gasteiger partial charge on any atom is -0.299 e. The third kappa shape index (κ3) is 3.47. The number of rotatable bonds is 4. The molecule has 0 aliphatic carbocycles. The molecule has 0 atom stereocenters. The van der Waals surface area contributed by atoms with Crippen LogP contribution in [-0.4, -0.2) is 10.8 Å². The Morgan fingerprint density at radius 1 is 1.28 bits per heavy atom. The molecule has 0 aliphatic heterocycles. The monoisotopic (exact) mass is 307 g/mol. The summed E-state index contributed by atoms with van der Waals surface area (Å²) < 4.78 is 14.3. The van der Waals surface area contributed by atoms with Crippen LogP contribution in [0.3, 0.4) is 0 Å². The lowest BCUT2D eigenvalue weighted by Crippen LogP contribution is -2.08. The minimum atomic E-state index is -0.349. The zero-order valence-corrected chi connectivity index (χ0v) is 11.2. The summed E-state index contributed by atoms with van der Waals surface area (Å²) in [7, 11) is 0. The highest BCUT2D eigenvalue weighted by atomic mass is 79.9. The number of hydrogen-bond acceptors (Lipinski definition) is 2. The highest BCUT2D eigenvalue weighted by molar-refractivity contribution is 9.10. The molecule has 92 valence electrons. The van der Waals surface area contributed by atoms with Gasteiger partial charge in [-0.3, -0.25) is 9.78 Å². The van der Waals surface area contributed by atoms with Crippen LogP contribution in [0.1, 0.15) is 11.1 Å². The van der Waals surface area contributed by atoms with E-state index in [2.05, 4.69) is 20.9 Å². The Bertz CT molecular complexity index is 557. The zero-order valence-electron chi connectivity index (χ0n) is 9.57. The van der Waals surface area contributed by atoms with Crippen molar-refractivity contribution in [3.63, 3.8) is 0 Å². The second-order valence-electron chi connectivity index (χ2n) is 3.99. The van der Waals surface area contributed by atoms with Crippen molar-refractivity contribution in [3.8, 4) is 0 Å². The van der Waals surface area contributed by atoms with E-state index < -0.39 is 0 Å². The van der Waals surface area contributed by atoms with Gasteiger partial charge in [-0.2, -0.15) is 0 Å². The lowest BCUT2D eigenvalue weighted by molar-refractivity contribution is -0.117. The molecule has 2 rings (SSSR count). The van der Waals surface area contributed by atoms with Crippen LogP contribution in [0.25, 0.3) is 0 Å². The predicted molar refractivity (Wildman–Crippen MR) is 70.8 cm³/mol. The molecule has 2 nitrogen and oxygen atoms in total. The van der Waals surface area contributed by atoms with E-state index in [-0.39, 0.29) is 24.4 Å². The van der Waals surface area contributed by atoms with E-state index in [1.807, 2.05) is 6.07 Å². The van der Waals surface area contributed by atoms with Gasteiger partial charge in [-0.15, -0.1) is 0 Å². The number of Topliss-reactive ketones (excluding diaryl/α,β-unsaturated/α-hetero) is 1. The van der Waals surface area contributed by atoms with Crippen LogP contribution < -0.4 is 0 Å². The molecule has 1 aromatic heterocycles. The molecule has 1 heterocycles. The Hall–Kier alpha value is -1.55. The summed E-state index contributed by atoms with van der Waals surface area (Å²) >= 11 is 3.27. The maximum absolute atomic E-state index is 13.5. The van der Waals surface area contributed by atoms with Gasteiger partial charge in [0.05, 0.1) is 0 Å². The molecule has 0 bridgehead atoms. The molecule has 0 aliphatic rings. The average Bonchev–Trinajstić information content (AvgIpc) is 2.35. The van der Waals surface area contributed by atoms with E-state index in [9.17, 15) is 9.18 Å². The van der Waals surface area contributed by atoms with Crippen LogP contribution in [-0.2, 0) is 17.6 Å². The SMILES string of the molecule is O=C(Cc1cccnc1)Cc1cc(Br)ccc1F. The van der Waals surface area contributed by atoms with Crippen molar-refractivity contribution < 1.29 is 9.18 Å². The third-order valence-electron chi connectivity index (χ3n) is 2.52. The first-order valence-corrected chi connectivity index (χ1v) is 6.29. The largest absolute Gasteiger partial charge is 0.299 e. The molecule has 0 radical (unpaired) electrons. The molecule has 0 saturated carbocycles. The predicted octanol–water partition coefficient (Wildman–Crippen LogP) is 3.34. The van der Waals surface area contributed by atoms with Gasteiger partial charge in [-0.1, -0.05) is 22.0 Å². The van der Waals surface area contributed by atoms with Gasteiger partial charge in [0.25, 0.3) is 0 Å². The summed E-state index contributed by atoms with van der Waals surface area (Å²) in [5.41, 5.74) is 1.26. The number of carbonyl (C=O) groups excluding carboxylic acids is 1. The number of hydrogen-bond donors (Lipinski definition) is 0. The standard InChI is InChI=1S/C14H11BrFNO/c15-12-3-4-14(16)11(7-12)8-13(18)6-10-2-1-5-17-9-10/h1-5,7,9H,6,8H2. The third-order valence-corrected chi connectivity index (χ3v) is 3.01. The number of aromatic nitrogens is 1. The summed E-state index contributed by atoms with van der Waals surface area (Å²) in [5, 5.41) is 0. The van der Waals surface area contributed by atoms with E-state index in [0.29, 0.717) is 5.56 Å². The van der Waals surface area contributed by atoms with Crippen LogP contribution in [0, 0.1) is 5.82 Å². The van der Waals surface area contributed by atoms with E-state index in [1.165, 1.54) is 6.07 Å². The number of carbonyl (C=O) groups is 1.